The summed E-state index contributed by atoms with van der Waals surface area (Å²) in [6, 6.07) is 51.2. The summed E-state index contributed by atoms with van der Waals surface area (Å²) in [4.78, 5) is 0. The number of halogens is 1. The van der Waals surface area contributed by atoms with Crippen LogP contribution in [0.2, 0.25) is 0 Å². The third-order valence-corrected chi connectivity index (χ3v) is 13.2. The molecular weight excluding hydrogens is 663 g/mol. The van der Waals surface area contributed by atoms with E-state index in [1.807, 2.05) is 0 Å². The fourth-order valence-electron chi connectivity index (χ4n) is 5.94. The van der Waals surface area contributed by atoms with Crippen LogP contribution in [0, 0.1) is 13.8 Å². The molecule has 0 spiro atoms. The van der Waals surface area contributed by atoms with E-state index in [0.29, 0.717) is 0 Å². The van der Waals surface area contributed by atoms with Crippen LogP contribution in [0.25, 0.3) is 0 Å². The summed E-state index contributed by atoms with van der Waals surface area (Å²) in [6.45, 7) is 6.54. The second-order valence-electron chi connectivity index (χ2n) is 12.5. The van der Waals surface area contributed by atoms with Gasteiger partial charge in [0.05, 0.1) is 6.16 Å². The maximum Gasteiger partial charge on any atom is 0.112 e. The fraction of sp³-hybridized carbons (Fsp3) is 0.261. The van der Waals surface area contributed by atoms with E-state index >= 15 is 0 Å². The van der Waals surface area contributed by atoms with Crippen molar-refractivity contribution in [3.63, 3.8) is 0 Å². The molecule has 0 heterocycles. The molecule has 0 atom stereocenters. The van der Waals surface area contributed by atoms with E-state index < -0.39 is 7.26 Å². The summed E-state index contributed by atoms with van der Waals surface area (Å²) in [5, 5.41) is 4.37. The minimum absolute atomic E-state index is 0. The Morgan fingerprint density at radius 1 is 0.458 bits per heavy atom. The normalized spacial score (nSPS) is 11.2. The number of hydrogen-bond acceptors (Lipinski definition) is 0. The SMILES string of the molecule is CCCCC/C=C/CCC=CCc1ccc(C)cc1.Cc1ccc(CC[P+](c2ccccc2)(c2ccccc2)c2ccccc2)cc1.[Br-]. The van der Waals surface area contributed by atoms with Crippen molar-refractivity contribution in [1.29, 1.82) is 0 Å². The Kier molecular flexibility index (Phi) is 18.0. The summed E-state index contributed by atoms with van der Waals surface area (Å²) in [6.07, 6.45) is 20.1. The summed E-state index contributed by atoms with van der Waals surface area (Å²) < 4.78 is 0. The van der Waals surface area contributed by atoms with Gasteiger partial charge < -0.3 is 17.0 Å². The quantitative estimate of drug-likeness (QED) is 0.0579. The van der Waals surface area contributed by atoms with Gasteiger partial charge in [0.25, 0.3) is 0 Å². The Labute approximate surface area is 303 Å². The molecule has 0 nitrogen and oxygen atoms in total. The molecule has 48 heavy (non-hydrogen) atoms. The van der Waals surface area contributed by atoms with Gasteiger partial charge in [-0.2, -0.15) is 0 Å². The van der Waals surface area contributed by atoms with Crippen LogP contribution in [0.5, 0.6) is 0 Å². The molecule has 0 aliphatic carbocycles. The van der Waals surface area contributed by atoms with Crippen molar-refractivity contribution in [2.24, 2.45) is 0 Å². The highest BCUT2D eigenvalue weighted by Gasteiger charge is 2.44. The Morgan fingerprint density at radius 2 is 0.875 bits per heavy atom. The predicted molar refractivity (Wildman–Crippen MR) is 211 cm³/mol. The Morgan fingerprint density at radius 3 is 1.33 bits per heavy atom. The highest BCUT2D eigenvalue weighted by atomic mass is 79.9. The molecule has 5 rings (SSSR count). The Bertz CT molecular complexity index is 1490. The van der Waals surface area contributed by atoms with Gasteiger partial charge in [-0.05, 0) is 93.5 Å². The first-order valence-corrected chi connectivity index (χ1v) is 19.5. The second-order valence-corrected chi connectivity index (χ2v) is 16.1. The van der Waals surface area contributed by atoms with Crippen molar-refractivity contribution in [1.82, 2.24) is 0 Å². The number of hydrogen-bond donors (Lipinski definition) is 0. The average molecular weight is 718 g/mol. The zero-order chi connectivity index (χ0) is 33.0. The van der Waals surface area contributed by atoms with Crippen molar-refractivity contribution < 1.29 is 17.0 Å². The largest absolute Gasteiger partial charge is 1.00 e. The standard InChI is InChI=1S/C27H26P.C19H28.BrH/c1-23-17-19-24(20-18-23)21-22-28(25-11-5-2-6-12-25,26-13-7-3-8-14-26)27-15-9-4-10-16-27;1-3-4-5-6-7-8-9-10-11-12-13-19-16-14-18(2)15-17-19;/h2-20H,21-22H2,1H3;7-8,11-12,14-17H,3-6,9-10,13H2,1-2H3;1H/q+1;;/p-1/b;8-7+,12-11?;. The van der Waals surface area contributed by atoms with Crippen molar-refractivity contribution in [2.45, 2.75) is 72.1 Å². The summed E-state index contributed by atoms with van der Waals surface area (Å²) in [5.74, 6) is 0. The molecule has 5 aromatic rings. The molecule has 2 heteroatoms. The number of aryl methyl sites for hydroxylation is 3. The van der Waals surface area contributed by atoms with Gasteiger partial charge in [0.2, 0.25) is 0 Å². The molecule has 0 saturated carbocycles. The van der Waals surface area contributed by atoms with E-state index in [2.05, 4.69) is 185 Å². The van der Waals surface area contributed by atoms with E-state index in [1.165, 1.54) is 70.3 Å². The smallest absolute Gasteiger partial charge is 0.112 e. The number of allylic oxidation sites excluding steroid dienone is 4. The monoisotopic (exact) mass is 716 g/mol. The van der Waals surface area contributed by atoms with Gasteiger partial charge in [0, 0.05) is 6.42 Å². The van der Waals surface area contributed by atoms with E-state index in [1.54, 1.807) is 0 Å². The van der Waals surface area contributed by atoms with Crippen LogP contribution in [-0.2, 0) is 12.8 Å². The molecule has 0 aliphatic heterocycles. The lowest BCUT2D eigenvalue weighted by Crippen LogP contribution is -3.00. The molecule has 250 valence electrons. The molecule has 0 saturated heterocycles. The highest BCUT2D eigenvalue weighted by molar-refractivity contribution is 7.95. The third-order valence-electron chi connectivity index (χ3n) is 8.73. The fourth-order valence-corrected chi connectivity index (χ4v) is 10.2. The molecule has 0 amide bonds. The molecular formula is C46H54BrP. The first-order chi connectivity index (χ1) is 23.1. The second kappa shape index (κ2) is 22.2. The maximum absolute atomic E-state index is 2.34. The highest BCUT2D eigenvalue weighted by Crippen LogP contribution is 2.55. The third kappa shape index (κ3) is 12.5. The zero-order valence-corrected chi connectivity index (χ0v) is 31.8. The van der Waals surface area contributed by atoms with Gasteiger partial charge in [-0.3, -0.25) is 0 Å². The summed E-state index contributed by atoms with van der Waals surface area (Å²) >= 11 is 0. The van der Waals surface area contributed by atoms with Crippen molar-refractivity contribution in [2.75, 3.05) is 6.16 Å². The van der Waals surface area contributed by atoms with Gasteiger partial charge >= 0.3 is 0 Å². The van der Waals surface area contributed by atoms with Crippen LogP contribution in [0.15, 0.2) is 164 Å². The molecule has 0 radical (unpaired) electrons. The van der Waals surface area contributed by atoms with Crippen molar-refractivity contribution in [3.05, 3.63) is 186 Å². The van der Waals surface area contributed by atoms with Gasteiger partial charge in [0.15, 0.2) is 0 Å². The molecule has 0 N–H and O–H groups in total. The van der Waals surface area contributed by atoms with Crippen LogP contribution in [0.4, 0.5) is 0 Å². The van der Waals surface area contributed by atoms with Gasteiger partial charge in [-0.1, -0.05) is 158 Å². The zero-order valence-electron chi connectivity index (χ0n) is 29.3. The lowest BCUT2D eigenvalue weighted by atomic mass is 10.1. The molecule has 0 unspecified atom stereocenters. The molecule has 0 bridgehead atoms. The van der Waals surface area contributed by atoms with Crippen LogP contribution in [0.1, 0.15) is 67.7 Å². The Hall–Kier alpha value is -3.51. The first-order valence-electron chi connectivity index (χ1n) is 17.6. The van der Waals surface area contributed by atoms with E-state index in [4.69, 9.17) is 0 Å². The number of unbranched alkanes of at least 4 members (excludes halogenated alkanes) is 4. The van der Waals surface area contributed by atoms with Crippen LogP contribution < -0.4 is 32.9 Å². The van der Waals surface area contributed by atoms with Crippen LogP contribution in [-0.4, -0.2) is 6.16 Å². The minimum Gasteiger partial charge on any atom is -1.00 e. The summed E-state index contributed by atoms with van der Waals surface area (Å²) in [7, 11) is -1.73. The van der Waals surface area contributed by atoms with Crippen molar-refractivity contribution in [3.8, 4) is 0 Å². The van der Waals surface area contributed by atoms with Gasteiger partial charge in [-0.15, -0.1) is 0 Å². The van der Waals surface area contributed by atoms with Crippen LogP contribution in [0.3, 0.4) is 0 Å². The molecule has 0 fully saturated rings. The predicted octanol–water partition coefficient (Wildman–Crippen LogP) is 8.55. The lowest BCUT2D eigenvalue weighted by molar-refractivity contribution is -0.00000955. The van der Waals surface area contributed by atoms with Crippen LogP contribution >= 0.6 is 7.26 Å². The van der Waals surface area contributed by atoms with E-state index in [-0.39, 0.29) is 17.0 Å². The molecule has 0 aromatic heterocycles. The van der Waals surface area contributed by atoms with Gasteiger partial charge in [-0.25, -0.2) is 0 Å². The molecule has 5 aromatic carbocycles. The van der Waals surface area contributed by atoms with Crippen molar-refractivity contribution >= 4 is 23.2 Å². The topological polar surface area (TPSA) is 0 Å². The number of benzene rings is 5. The summed E-state index contributed by atoms with van der Waals surface area (Å²) in [5.41, 5.74) is 5.47. The number of rotatable bonds is 15. The maximum atomic E-state index is 2.34. The van der Waals surface area contributed by atoms with E-state index in [0.717, 1.165) is 25.4 Å². The molecule has 0 aliphatic rings. The first kappa shape index (κ1) is 38.9. The minimum atomic E-state index is -1.73. The van der Waals surface area contributed by atoms with E-state index in [9.17, 15) is 0 Å². The Balaban J connectivity index is 0.000000276. The lowest BCUT2D eigenvalue weighted by Gasteiger charge is -2.27. The average Bonchev–Trinajstić information content (AvgIpc) is 3.12. The van der Waals surface area contributed by atoms with Gasteiger partial charge in [0.1, 0.15) is 23.2 Å².